The van der Waals surface area contributed by atoms with Crippen molar-refractivity contribution in [1.29, 1.82) is 5.41 Å². The molecule has 0 bridgehead atoms. The number of hydrogen-bond donors (Lipinski definition) is 5. The lowest BCUT2D eigenvalue weighted by molar-refractivity contribution is -0.140. The number of nitrogens with one attached hydrogen (secondary N) is 3. The molecular weight excluding hydrogens is 546 g/mol. The summed E-state index contributed by atoms with van der Waals surface area (Å²) in [6.45, 7) is -0.508. The van der Waals surface area contributed by atoms with Crippen molar-refractivity contribution in [3.8, 4) is 0 Å². The van der Waals surface area contributed by atoms with Crippen LogP contribution in [0.1, 0.15) is 28.2 Å². The van der Waals surface area contributed by atoms with E-state index < -0.39 is 30.5 Å². The summed E-state index contributed by atoms with van der Waals surface area (Å²) in [5, 5.41) is 31.1. The van der Waals surface area contributed by atoms with Crippen LogP contribution in [0.3, 0.4) is 0 Å². The van der Waals surface area contributed by atoms with E-state index in [2.05, 4.69) is 25.3 Å². The zero-order valence-corrected chi connectivity index (χ0v) is 22.4. The summed E-state index contributed by atoms with van der Waals surface area (Å²) in [7, 11) is 1.85. The van der Waals surface area contributed by atoms with Crippen molar-refractivity contribution < 1.29 is 34.1 Å². The minimum Gasteiger partial charge on any atom is -0.481 e. The van der Waals surface area contributed by atoms with Gasteiger partial charge in [0.1, 0.15) is 17.5 Å². The van der Waals surface area contributed by atoms with Crippen LogP contribution in [-0.2, 0) is 27.9 Å². The molecule has 4 rings (SSSR count). The van der Waals surface area contributed by atoms with Gasteiger partial charge in [0.15, 0.2) is 6.61 Å². The van der Waals surface area contributed by atoms with Crippen LogP contribution in [0.25, 0.3) is 11.0 Å². The minimum atomic E-state index is -1.30. The first-order valence-corrected chi connectivity index (χ1v) is 12.6. The number of carbonyl (C=O) groups is 4. The van der Waals surface area contributed by atoms with E-state index in [0.29, 0.717) is 40.5 Å². The predicted molar refractivity (Wildman–Crippen MR) is 152 cm³/mol. The zero-order valence-electron chi connectivity index (χ0n) is 22.4. The number of aliphatic carboxylic acids is 2. The number of rotatable bonds is 11. The molecule has 2 heterocycles. The number of nitrogens with zero attached hydrogens (tertiary/aromatic N) is 4. The number of anilines is 2. The number of carboxylic acid groups (broad SMARTS) is 2. The molecule has 4 aromatic rings. The molecule has 0 aliphatic rings. The lowest BCUT2D eigenvalue weighted by atomic mass is 10.1. The van der Waals surface area contributed by atoms with E-state index in [1.54, 1.807) is 60.7 Å². The molecule has 0 saturated heterocycles. The second-order valence-electron chi connectivity index (χ2n) is 8.98. The SMILES string of the molecule is Cn1c(CNc2ccc(C(=N)NC(=O)OCC(=O)O)cc2)nc2cc(C(=O)N(CCC(=O)O)c3ccccn3)ccc21. The Kier molecular flexibility index (Phi) is 9.07. The summed E-state index contributed by atoms with van der Waals surface area (Å²) in [5.74, 6) is -1.93. The average Bonchev–Trinajstić information content (AvgIpc) is 3.30. The fourth-order valence-corrected chi connectivity index (χ4v) is 4.01. The normalized spacial score (nSPS) is 10.6. The molecule has 2 amide bonds. The number of benzene rings is 2. The highest BCUT2D eigenvalue weighted by Gasteiger charge is 2.21. The van der Waals surface area contributed by atoms with Gasteiger partial charge in [0.25, 0.3) is 5.91 Å². The lowest BCUT2D eigenvalue weighted by Crippen LogP contribution is -2.33. The van der Waals surface area contributed by atoms with Gasteiger partial charge in [-0.15, -0.1) is 0 Å². The van der Waals surface area contributed by atoms with Gasteiger partial charge in [-0.1, -0.05) is 6.07 Å². The summed E-state index contributed by atoms with van der Waals surface area (Å²) >= 11 is 0. The molecule has 0 unspecified atom stereocenters. The van der Waals surface area contributed by atoms with Crippen LogP contribution in [-0.4, -0.2) is 67.7 Å². The van der Waals surface area contributed by atoms with E-state index in [-0.39, 0.29) is 18.8 Å². The van der Waals surface area contributed by atoms with Gasteiger partial charge in [0.2, 0.25) is 0 Å². The summed E-state index contributed by atoms with van der Waals surface area (Å²) in [5.41, 5.74) is 2.82. The molecule has 42 heavy (non-hydrogen) atoms. The number of carboxylic acids is 2. The number of pyridine rings is 1. The molecule has 0 radical (unpaired) electrons. The van der Waals surface area contributed by atoms with E-state index in [0.717, 1.165) is 5.52 Å². The summed E-state index contributed by atoms with van der Waals surface area (Å²) in [4.78, 5) is 56.8. The Morgan fingerprint density at radius 2 is 1.74 bits per heavy atom. The maximum absolute atomic E-state index is 13.4. The minimum absolute atomic E-state index is 0.0380. The van der Waals surface area contributed by atoms with Crippen LogP contribution in [0.2, 0.25) is 0 Å². The van der Waals surface area contributed by atoms with Crippen LogP contribution in [0.15, 0.2) is 66.9 Å². The van der Waals surface area contributed by atoms with Gasteiger partial charge in [-0.2, -0.15) is 0 Å². The topological polar surface area (TPSA) is 200 Å². The highest BCUT2D eigenvalue weighted by molar-refractivity contribution is 6.07. The van der Waals surface area contributed by atoms with E-state index >= 15 is 0 Å². The third-order valence-corrected chi connectivity index (χ3v) is 6.12. The second-order valence-corrected chi connectivity index (χ2v) is 8.98. The Labute approximate surface area is 239 Å². The number of aryl methyl sites for hydroxylation is 1. The second kappa shape index (κ2) is 13.0. The first-order chi connectivity index (χ1) is 20.1. The van der Waals surface area contributed by atoms with E-state index in [4.69, 9.17) is 15.6 Å². The fourth-order valence-electron chi connectivity index (χ4n) is 4.01. The van der Waals surface area contributed by atoms with Crippen molar-refractivity contribution in [2.24, 2.45) is 7.05 Å². The van der Waals surface area contributed by atoms with Gasteiger partial charge >= 0.3 is 18.0 Å². The fraction of sp³-hybridized carbons (Fsp3) is 0.179. The first-order valence-electron chi connectivity index (χ1n) is 12.6. The highest BCUT2D eigenvalue weighted by Crippen LogP contribution is 2.21. The van der Waals surface area contributed by atoms with Gasteiger partial charge in [0, 0.05) is 36.6 Å². The third kappa shape index (κ3) is 7.24. The maximum Gasteiger partial charge on any atom is 0.413 e. The predicted octanol–water partition coefficient (Wildman–Crippen LogP) is 2.84. The Hall–Kier alpha value is -5.79. The Bertz CT molecular complexity index is 1640. The number of hydrogen-bond acceptors (Lipinski definition) is 9. The quantitative estimate of drug-likeness (QED) is 0.131. The molecular formula is C28H27N7O7. The van der Waals surface area contributed by atoms with Crippen molar-refractivity contribution in [1.82, 2.24) is 19.9 Å². The molecule has 0 saturated carbocycles. The molecule has 14 nitrogen and oxygen atoms in total. The molecule has 0 atom stereocenters. The largest absolute Gasteiger partial charge is 0.481 e. The maximum atomic E-state index is 13.4. The lowest BCUT2D eigenvalue weighted by Gasteiger charge is -2.21. The molecule has 5 N–H and O–H groups in total. The van der Waals surface area contributed by atoms with E-state index in [1.807, 2.05) is 11.6 Å². The van der Waals surface area contributed by atoms with Gasteiger partial charge < -0.3 is 24.8 Å². The standard InChI is InChI=1S/C28H27N7O7/c1-34-21-10-7-18(27(40)35(13-11-24(36)37)22-4-2-3-12-30-22)14-20(21)32-23(34)15-31-19-8-5-17(6-9-19)26(29)33-28(41)42-16-25(38)39/h2-10,12,14,31H,11,13,15-16H2,1H3,(H,36,37)(H,38,39)(H2,29,33,41). The highest BCUT2D eigenvalue weighted by atomic mass is 16.6. The van der Waals surface area contributed by atoms with Gasteiger partial charge in [-0.05, 0) is 54.6 Å². The number of aromatic nitrogens is 3. The van der Waals surface area contributed by atoms with E-state index in [1.165, 1.54) is 11.1 Å². The van der Waals surface area contributed by atoms with Gasteiger partial charge in [-0.3, -0.25) is 25.2 Å². The third-order valence-electron chi connectivity index (χ3n) is 6.12. The number of amides is 2. The zero-order chi connectivity index (χ0) is 30.2. The molecule has 0 spiro atoms. The number of fused-ring (bicyclic) bond motifs is 1. The van der Waals surface area contributed by atoms with Crippen molar-refractivity contribution >= 4 is 52.3 Å². The Balaban J connectivity index is 1.44. The van der Waals surface area contributed by atoms with Crippen LogP contribution in [0.5, 0.6) is 0 Å². The number of ether oxygens (including phenoxy) is 1. The van der Waals surface area contributed by atoms with Crippen molar-refractivity contribution in [3.05, 3.63) is 83.8 Å². The molecule has 216 valence electrons. The van der Waals surface area contributed by atoms with E-state index in [9.17, 15) is 19.2 Å². The van der Waals surface area contributed by atoms with Crippen LogP contribution < -0.4 is 15.5 Å². The van der Waals surface area contributed by atoms with Gasteiger partial charge in [0.05, 0.1) is 24.0 Å². The monoisotopic (exact) mass is 573 g/mol. The summed E-state index contributed by atoms with van der Waals surface area (Å²) < 4.78 is 6.34. The first kappa shape index (κ1) is 29.2. The van der Waals surface area contributed by atoms with Gasteiger partial charge in [-0.25, -0.2) is 19.6 Å². The molecule has 0 aliphatic carbocycles. The van der Waals surface area contributed by atoms with Crippen LogP contribution in [0.4, 0.5) is 16.3 Å². The average molecular weight is 574 g/mol. The summed E-state index contributed by atoms with van der Waals surface area (Å²) in [6, 6.07) is 16.8. The molecule has 0 fully saturated rings. The molecule has 0 aliphatic heterocycles. The smallest absolute Gasteiger partial charge is 0.413 e. The number of imidazole rings is 1. The number of amidine groups is 1. The molecule has 14 heteroatoms. The molecule has 2 aromatic heterocycles. The van der Waals surface area contributed by atoms with Crippen molar-refractivity contribution in [3.63, 3.8) is 0 Å². The molecule has 2 aromatic carbocycles. The Morgan fingerprint density at radius 3 is 2.40 bits per heavy atom. The van der Waals surface area contributed by atoms with Crippen molar-refractivity contribution in [2.45, 2.75) is 13.0 Å². The summed E-state index contributed by atoms with van der Waals surface area (Å²) in [6.07, 6.45) is 0.260. The Morgan fingerprint density at radius 1 is 1.00 bits per heavy atom. The van der Waals surface area contributed by atoms with Crippen molar-refractivity contribution in [2.75, 3.05) is 23.4 Å². The van der Waals surface area contributed by atoms with Crippen LogP contribution >= 0.6 is 0 Å². The van der Waals surface area contributed by atoms with Crippen LogP contribution in [0, 0.1) is 5.41 Å². The number of alkyl carbamates (subject to hydrolysis) is 1. The number of carbonyl (C=O) groups excluding carboxylic acids is 2.